The number of piperidine rings is 1. The van der Waals surface area contributed by atoms with Gasteiger partial charge in [-0.15, -0.1) is 0 Å². The van der Waals surface area contributed by atoms with E-state index in [0.29, 0.717) is 12.5 Å². The Morgan fingerprint density at radius 1 is 1.29 bits per heavy atom. The summed E-state index contributed by atoms with van der Waals surface area (Å²) < 4.78 is 30.5. The average molecular weight is 310 g/mol. The van der Waals surface area contributed by atoms with E-state index in [2.05, 4.69) is 11.0 Å². The van der Waals surface area contributed by atoms with E-state index in [4.69, 9.17) is 4.74 Å². The first-order valence-corrected chi connectivity index (χ1v) is 9.15. The van der Waals surface area contributed by atoms with Gasteiger partial charge < -0.3 is 4.74 Å². The number of sulfonamides is 1. The molecule has 0 spiro atoms. The highest BCUT2D eigenvalue weighted by Crippen LogP contribution is 2.35. The number of rotatable bonds is 4. The molecule has 0 N–H and O–H groups in total. The molecule has 0 bridgehead atoms. The third-order valence-electron chi connectivity index (χ3n) is 4.60. The predicted molar refractivity (Wildman–Crippen MR) is 81.7 cm³/mol. The highest BCUT2D eigenvalue weighted by atomic mass is 32.2. The van der Waals surface area contributed by atoms with E-state index in [9.17, 15) is 8.42 Å². The van der Waals surface area contributed by atoms with Gasteiger partial charge in [-0.2, -0.15) is 4.31 Å². The first-order chi connectivity index (χ1) is 9.99. The summed E-state index contributed by atoms with van der Waals surface area (Å²) in [4.78, 5) is 2.33. The smallest absolute Gasteiger partial charge is 0.211 e. The molecule has 0 aromatic heterocycles. The van der Waals surface area contributed by atoms with Crippen molar-refractivity contribution in [3.8, 4) is 5.75 Å². The van der Waals surface area contributed by atoms with Gasteiger partial charge in [0.25, 0.3) is 0 Å². The van der Waals surface area contributed by atoms with Crippen LogP contribution in [0, 0.1) is 5.92 Å². The molecule has 2 aliphatic rings. The highest BCUT2D eigenvalue weighted by molar-refractivity contribution is 7.88. The predicted octanol–water partition coefficient (Wildman–Crippen LogP) is 1.16. The topological polar surface area (TPSA) is 49.9 Å². The molecule has 0 aliphatic carbocycles. The van der Waals surface area contributed by atoms with E-state index in [-0.39, 0.29) is 6.04 Å². The average Bonchev–Trinajstić information content (AvgIpc) is 2.41. The Hall–Kier alpha value is -1.11. The second-order valence-corrected chi connectivity index (χ2v) is 7.93. The molecule has 6 heteroatoms. The van der Waals surface area contributed by atoms with Crippen LogP contribution in [0.25, 0.3) is 0 Å². The van der Waals surface area contributed by atoms with Crippen molar-refractivity contribution >= 4 is 10.0 Å². The number of para-hydroxylation sites is 1. The maximum atomic E-state index is 11.7. The minimum absolute atomic E-state index is 0.156. The van der Waals surface area contributed by atoms with Gasteiger partial charge in [0, 0.05) is 31.2 Å². The molecule has 116 valence electrons. The number of methoxy groups -OCH3 is 1. The quantitative estimate of drug-likeness (QED) is 0.837. The third kappa shape index (κ3) is 2.93. The van der Waals surface area contributed by atoms with Crippen molar-refractivity contribution in [1.29, 1.82) is 0 Å². The van der Waals surface area contributed by atoms with Gasteiger partial charge in [-0.25, -0.2) is 8.42 Å². The maximum absolute atomic E-state index is 11.7. The summed E-state index contributed by atoms with van der Waals surface area (Å²) in [6.45, 7) is 3.35. The first-order valence-electron chi connectivity index (χ1n) is 7.30. The second kappa shape index (κ2) is 5.59. The summed E-state index contributed by atoms with van der Waals surface area (Å²) in [5.41, 5.74) is 1.16. The Labute approximate surface area is 126 Å². The second-order valence-electron chi connectivity index (χ2n) is 6.00. The molecule has 21 heavy (non-hydrogen) atoms. The van der Waals surface area contributed by atoms with Crippen LogP contribution in [0.2, 0.25) is 0 Å². The zero-order chi connectivity index (χ0) is 15.0. The lowest BCUT2D eigenvalue weighted by Gasteiger charge is -2.52. The van der Waals surface area contributed by atoms with Crippen LogP contribution in [0.3, 0.4) is 0 Å². The molecule has 0 saturated carbocycles. The van der Waals surface area contributed by atoms with Crippen molar-refractivity contribution in [3.05, 3.63) is 29.8 Å². The maximum Gasteiger partial charge on any atom is 0.211 e. The lowest BCUT2D eigenvalue weighted by molar-refractivity contribution is 0.0108. The lowest BCUT2D eigenvalue weighted by atomic mass is 9.84. The largest absolute Gasteiger partial charge is 0.496 e. The monoisotopic (exact) mass is 310 g/mol. The molecular weight excluding hydrogens is 288 g/mol. The standard InChI is InChI=1S/C15H22N2O3S/c1-20-15-6-4-3-5-13(15)9-16-8-7-12-10-17(14(12)11-16)21(2,18)19/h3-6,12,14H,7-11H2,1-2H3/t12-,14-/m1/s1. The number of hydrogen-bond donors (Lipinski definition) is 0. The summed E-state index contributed by atoms with van der Waals surface area (Å²) in [7, 11) is -1.38. The third-order valence-corrected chi connectivity index (χ3v) is 5.87. The van der Waals surface area contributed by atoms with Gasteiger partial charge in [0.15, 0.2) is 0 Å². The summed E-state index contributed by atoms with van der Waals surface area (Å²) in [6, 6.07) is 8.17. The van der Waals surface area contributed by atoms with Gasteiger partial charge in [-0.3, -0.25) is 4.90 Å². The van der Waals surface area contributed by atoms with E-state index in [1.165, 1.54) is 6.26 Å². The van der Waals surface area contributed by atoms with Gasteiger partial charge in [-0.05, 0) is 24.9 Å². The molecule has 2 atom stereocenters. The SMILES string of the molecule is COc1ccccc1CN1CC[C@@H]2CN(S(C)(=O)=O)[C@@H]2C1. The van der Waals surface area contributed by atoms with E-state index in [1.807, 2.05) is 18.2 Å². The number of ether oxygens (including phenoxy) is 1. The molecule has 1 aromatic carbocycles. The van der Waals surface area contributed by atoms with Crippen LogP contribution in [-0.4, -0.2) is 56.7 Å². The Morgan fingerprint density at radius 2 is 2.05 bits per heavy atom. The van der Waals surface area contributed by atoms with Crippen molar-refractivity contribution in [2.75, 3.05) is 33.0 Å². The fraction of sp³-hybridized carbons (Fsp3) is 0.600. The molecule has 0 unspecified atom stereocenters. The van der Waals surface area contributed by atoms with Crippen LogP contribution in [0.4, 0.5) is 0 Å². The zero-order valence-corrected chi connectivity index (χ0v) is 13.3. The van der Waals surface area contributed by atoms with E-state index in [1.54, 1.807) is 11.4 Å². The molecule has 2 heterocycles. The fourth-order valence-electron chi connectivity index (χ4n) is 3.41. The van der Waals surface area contributed by atoms with Crippen molar-refractivity contribution in [2.24, 2.45) is 5.92 Å². The number of benzene rings is 1. The summed E-state index contributed by atoms with van der Waals surface area (Å²) >= 11 is 0. The molecule has 5 nitrogen and oxygen atoms in total. The zero-order valence-electron chi connectivity index (χ0n) is 12.5. The molecule has 2 fully saturated rings. The minimum Gasteiger partial charge on any atom is -0.496 e. The highest BCUT2D eigenvalue weighted by Gasteiger charge is 2.46. The van der Waals surface area contributed by atoms with Crippen LogP contribution in [0.5, 0.6) is 5.75 Å². The van der Waals surface area contributed by atoms with E-state index in [0.717, 1.165) is 37.4 Å². The number of hydrogen-bond acceptors (Lipinski definition) is 4. The van der Waals surface area contributed by atoms with Crippen LogP contribution in [-0.2, 0) is 16.6 Å². The minimum atomic E-state index is -3.06. The summed E-state index contributed by atoms with van der Waals surface area (Å²) in [6.07, 6.45) is 2.38. The fourth-order valence-corrected chi connectivity index (χ4v) is 4.61. The van der Waals surface area contributed by atoms with E-state index >= 15 is 0 Å². The first kappa shape index (κ1) is 14.8. The number of nitrogens with zero attached hydrogens (tertiary/aromatic N) is 2. The molecule has 1 aromatic rings. The Bertz CT molecular complexity index is 617. The van der Waals surface area contributed by atoms with Gasteiger partial charge in [0.2, 0.25) is 10.0 Å². The van der Waals surface area contributed by atoms with Gasteiger partial charge >= 0.3 is 0 Å². The van der Waals surface area contributed by atoms with Crippen molar-refractivity contribution in [2.45, 2.75) is 19.0 Å². The lowest BCUT2D eigenvalue weighted by Crippen LogP contribution is -2.65. The van der Waals surface area contributed by atoms with Crippen LogP contribution in [0.15, 0.2) is 24.3 Å². The van der Waals surface area contributed by atoms with E-state index < -0.39 is 10.0 Å². The number of fused-ring (bicyclic) bond motifs is 1. The van der Waals surface area contributed by atoms with Crippen LogP contribution < -0.4 is 4.74 Å². The normalized spacial score (nSPS) is 27.0. The molecule has 0 radical (unpaired) electrons. The number of likely N-dealkylation sites (tertiary alicyclic amines) is 1. The molecule has 2 aliphatic heterocycles. The molecule has 2 saturated heterocycles. The van der Waals surface area contributed by atoms with Gasteiger partial charge in [-0.1, -0.05) is 18.2 Å². The molecule has 0 amide bonds. The van der Waals surface area contributed by atoms with Gasteiger partial charge in [0.05, 0.1) is 13.4 Å². The van der Waals surface area contributed by atoms with Crippen molar-refractivity contribution in [3.63, 3.8) is 0 Å². The Kier molecular flexibility index (Phi) is 3.94. The van der Waals surface area contributed by atoms with Crippen molar-refractivity contribution < 1.29 is 13.2 Å². The van der Waals surface area contributed by atoms with Gasteiger partial charge in [0.1, 0.15) is 5.75 Å². The Morgan fingerprint density at radius 3 is 2.76 bits per heavy atom. The molecule has 3 rings (SSSR count). The molecular formula is C15H22N2O3S. The Balaban J connectivity index is 1.68. The van der Waals surface area contributed by atoms with Crippen LogP contribution in [0.1, 0.15) is 12.0 Å². The van der Waals surface area contributed by atoms with Crippen LogP contribution >= 0.6 is 0 Å². The van der Waals surface area contributed by atoms with Crippen molar-refractivity contribution in [1.82, 2.24) is 9.21 Å². The summed E-state index contributed by atoms with van der Waals surface area (Å²) in [5.74, 6) is 1.43. The summed E-state index contributed by atoms with van der Waals surface area (Å²) in [5, 5.41) is 0.